The van der Waals surface area contributed by atoms with Crippen LogP contribution in [-0.2, 0) is 9.53 Å². The zero-order valence-electron chi connectivity index (χ0n) is 10.8. The van der Waals surface area contributed by atoms with Crippen molar-refractivity contribution >= 4 is 18.0 Å². The second kappa shape index (κ2) is 6.29. The fourth-order valence-electron chi connectivity index (χ4n) is 1.99. The number of carbonyl (C=O) groups is 1. The van der Waals surface area contributed by atoms with E-state index in [1.807, 2.05) is 0 Å². The molecule has 6 heteroatoms. The zero-order valence-corrected chi connectivity index (χ0v) is 10.8. The van der Waals surface area contributed by atoms with E-state index in [9.17, 15) is 4.79 Å². The summed E-state index contributed by atoms with van der Waals surface area (Å²) < 4.78 is 5.44. The van der Waals surface area contributed by atoms with Crippen molar-refractivity contribution in [2.24, 2.45) is 0 Å². The summed E-state index contributed by atoms with van der Waals surface area (Å²) in [6.45, 7) is 4.26. The number of nitrogens with zero attached hydrogens (tertiary/aromatic N) is 3. The molecule has 1 N–H and O–H groups in total. The molecule has 1 fully saturated rings. The smallest absolute Gasteiger partial charge is 0.328 e. The van der Waals surface area contributed by atoms with Crippen LogP contribution < -0.4 is 4.90 Å². The van der Waals surface area contributed by atoms with Gasteiger partial charge in [0.1, 0.15) is 0 Å². The maximum Gasteiger partial charge on any atom is 0.328 e. The average Bonchev–Trinajstić information content (AvgIpc) is 2.45. The second-order valence-corrected chi connectivity index (χ2v) is 4.32. The second-order valence-electron chi connectivity index (χ2n) is 4.32. The number of carboxylic acid groups (broad SMARTS) is 1. The van der Waals surface area contributed by atoms with E-state index in [0.717, 1.165) is 19.0 Å². The standard InChI is InChI=1S/C13H17N3O3/c1-2-11-9-19-6-5-16(11)13-14-7-10(8-15-13)3-4-12(17)18/h3-4,7-8,11H,2,5-6,9H2,1H3,(H,17,18)/b4-3+. The van der Waals surface area contributed by atoms with E-state index >= 15 is 0 Å². The molecule has 0 aromatic carbocycles. The Bertz CT molecular complexity index is 459. The van der Waals surface area contributed by atoms with Gasteiger partial charge in [-0.05, 0) is 12.5 Å². The fourth-order valence-corrected chi connectivity index (χ4v) is 1.99. The Morgan fingerprint density at radius 2 is 2.32 bits per heavy atom. The summed E-state index contributed by atoms with van der Waals surface area (Å²) in [7, 11) is 0. The third-order valence-electron chi connectivity index (χ3n) is 3.03. The molecule has 1 saturated heterocycles. The van der Waals surface area contributed by atoms with Crippen molar-refractivity contribution in [3.63, 3.8) is 0 Å². The van der Waals surface area contributed by atoms with E-state index in [1.165, 1.54) is 6.08 Å². The van der Waals surface area contributed by atoms with Crippen LogP contribution in [0.2, 0.25) is 0 Å². The summed E-state index contributed by atoms with van der Waals surface area (Å²) in [5, 5.41) is 8.55. The van der Waals surface area contributed by atoms with Gasteiger partial charge in [0.05, 0.1) is 19.3 Å². The first kappa shape index (κ1) is 13.5. The number of morpholine rings is 1. The maximum atomic E-state index is 10.4. The molecule has 0 aliphatic carbocycles. The van der Waals surface area contributed by atoms with Gasteiger partial charge in [-0.3, -0.25) is 0 Å². The van der Waals surface area contributed by atoms with Crippen LogP contribution in [0.1, 0.15) is 18.9 Å². The van der Waals surface area contributed by atoms with Gasteiger partial charge in [0.25, 0.3) is 0 Å². The van der Waals surface area contributed by atoms with E-state index in [1.54, 1.807) is 12.4 Å². The molecule has 19 heavy (non-hydrogen) atoms. The molecule has 2 rings (SSSR count). The minimum atomic E-state index is -0.983. The van der Waals surface area contributed by atoms with Crippen LogP contribution in [0.15, 0.2) is 18.5 Å². The molecule has 0 saturated carbocycles. The van der Waals surface area contributed by atoms with E-state index < -0.39 is 5.97 Å². The molecule has 0 bridgehead atoms. The van der Waals surface area contributed by atoms with Gasteiger partial charge >= 0.3 is 5.97 Å². The molecule has 1 unspecified atom stereocenters. The summed E-state index contributed by atoms with van der Waals surface area (Å²) in [6.07, 6.45) is 6.78. The number of anilines is 1. The van der Waals surface area contributed by atoms with Crippen molar-refractivity contribution in [1.82, 2.24) is 9.97 Å². The Morgan fingerprint density at radius 1 is 1.58 bits per heavy atom. The van der Waals surface area contributed by atoms with E-state index in [2.05, 4.69) is 21.8 Å². The normalized spacial score (nSPS) is 19.8. The Hall–Kier alpha value is -1.95. The molecule has 1 aliphatic heterocycles. The first-order valence-electron chi connectivity index (χ1n) is 6.28. The molecule has 2 heterocycles. The minimum Gasteiger partial charge on any atom is -0.478 e. The lowest BCUT2D eigenvalue weighted by molar-refractivity contribution is -0.131. The maximum absolute atomic E-state index is 10.4. The van der Waals surface area contributed by atoms with E-state index in [0.29, 0.717) is 30.8 Å². The molecule has 0 amide bonds. The Morgan fingerprint density at radius 3 is 2.95 bits per heavy atom. The monoisotopic (exact) mass is 263 g/mol. The van der Waals surface area contributed by atoms with Gasteiger partial charge in [-0.15, -0.1) is 0 Å². The lowest BCUT2D eigenvalue weighted by atomic mass is 10.2. The van der Waals surface area contributed by atoms with Gasteiger partial charge in [0, 0.05) is 30.6 Å². The molecule has 6 nitrogen and oxygen atoms in total. The Kier molecular flexibility index (Phi) is 4.46. The number of ether oxygens (including phenoxy) is 1. The fraction of sp³-hybridized carbons (Fsp3) is 0.462. The van der Waals surface area contributed by atoms with Gasteiger partial charge in [-0.1, -0.05) is 6.92 Å². The molecule has 1 atom stereocenters. The van der Waals surface area contributed by atoms with Crippen LogP contribution in [0, 0.1) is 0 Å². The lowest BCUT2D eigenvalue weighted by Crippen LogP contribution is -2.46. The highest BCUT2D eigenvalue weighted by molar-refractivity contribution is 5.85. The predicted molar refractivity (Wildman–Crippen MR) is 70.9 cm³/mol. The van der Waals surface area contributed by atoms with Crippen LogP contribution in [0.25, 0.3) is 6.08 Å². The van der Waals surface area contributed by atoms with Crippen LogP contribution in [0.4, 0.5) is 5.95 Å². The highest BCUT2D eigenvalue weighted by Crippen LogP contribution is 2.17. The van der Waals surface area contributed by atoms with Crippen LogP contribution in [0.3, 0.4) is 0 Å². The van der Waals surface area contributed by atoms with Crippen molar-refractivity contribution in [3.8, 4) is 0 Å². The molecule has 1 aromatic heterocycles. The van der Waals surface area contributed by atoms with Crippen LogP contribution in [-0.4, -0.2) is 46.8 Å². The zero-order chi connectivity index (χ0) is 13.7. The average molecular weight is 263 g/mol. The SMILES string of the molecule is CCC1COCCN1c1ncc(/C=C/C(=O)O)cn1. The quantitative estimate of drug-likeness (QED) is 0.822. The van der Waals surface area contributed by atoms with Gasteiger partial charge in [-0.2, -0.15) is 0 Å². The summed E-state index contributed by atoms with van der Waals surface area (Å²) >= 11 is 0. The number of rotatable bonds is 4. The van der Waals surface area contributed by atoms with Gasteiger partial charge < -0.3 is 14.7 Å². The summed E-state index contributed by atoms with van der Waals surface area (Å²) in [4.78, 5) is 21.1. The van der Waals surface area contributed by atoms with Crippen molar-refractivity contribution < 1.29 is 14.6 Å². The molecule has 102 valence electrons. The molecular formula is C13H17N3O3. The van der Waals surface area contributed by atoms with Crippen LogP contribution in [0.5, 0.6) is 0 Å². The largest absolute Gasteiger partial charge is 0.478 e. The Balaban J connectivity index is 2.10. The number of hydrogen-bond donors (Lipinski definition) is 1. The van der Waals surface area contributed by atoms with Gasteiger partial charge in [-0.25, -0.2) is 14.8 Å². The molecule has 1 aliphatic rings. The van der Waals surface area contributed by atoms with E-state index in [-0.39, 0.29) is 0 Å². The van der Waals surface area contributed by atoms with Gasteiger partial charge in [0.2, 0.25) is 5.95 Å². The summed E-state index contributed by atoms with van der Waals surface area (Å²) in [5.41, 5.74) is 0.674. The van der Waals surface area contributed by atoms with Crippen LogP contribution >= 0.6 is 0 Å². The highest BCUT2D eigenvalue weighted by Gasteiger charge is 2.23. The third-order valence-corrected chi connectivity index (χ3v) is 3.03. The first-order chi connectivity index (χ1) is 9.20. The van der Waals surface area contributed by atoms with Crippen molar-refractivity contribution in [1.29, 1.82) is 0 Å². The molecule has 1 aromatic rings. The molecule has 0 radical (unpaired) electrons. The highest BCUT2D eigenvalue weighted by atomic mass is 16.5. The first-order valence-corrected chi connectivity index (χ1v) is 6.28. The number of hydrogen-bond acceptors (Lipinski definition) is 5. The molecular weight excluding hydrogens is 246 g/mol. The number of aromatic nitrogens is 2. The third kappa shape index (κ3) is 3.51. The number of aliphatic carboxylic acids is 1. The van der Waals surface area contributed by atoms with Crippen molar-refractivity contribution in [2.75, 3.05) is 24.7 Å². The lowest BCUT2D eigenvalue weighted by Gasteiger charge is -2.34. The predicted octanol–water partition coefficient (Wildman–Crippen LogP) is 1.19. The molecule has 0 spiro atoms. The minimum absolute atomic E-state index is 0.300. The Labute approximate surface area is 111 Å². The van der Waals surface area contributed by atoms with Crippen molar-refractivity contribution in [3.05, 3.63) is 24.0 Å². The van der Waals surface area contributed by atoms with E-state index in [4.69, 9.17) is 9.84 Å². The summed E-state index contributed by atoms with van der Waals surface area (Å²) in [5.74, 6) is -0.314. The van der Waals surface area contributed by atoms with Crippen molar-refractivity contribution in [2.45, 2.75) is 19.4 Å². The van der Waals surface area contributed by atoms with Gasteiger partial charge in [0.15, 0.2) is 0 Å². The summed E-state index contributed by atoms with van der Waals surface area (Å²) in [6, 6.07) is 0.300. The topological polar surface area (TPSA) is 75.5 Å². The number of carboxylic acids is 1.